The van der Waals surface area contributed by atoms with Crippen molar-refractivity contribution in [2.45, 2.75) is 13.2 Å². The number of para-hydroxylation sites is 3. The maximum Gasteiger partial charge on any atom is 0.148 e. The van der Waals surface area contributed by atoms with E-state index in [1.54, 1.807) is 7.11 Å². The van der Waals surface area contributed by atoms with Crippen LogP contribution in [0.1, 0.15) is 5.82 Å². The summed E-state index contributed by atoms with van der Waals surface area (Å²) in [5.41, 5.74) is 2.03. The standard InChI is InChI=1S/C23H22N2O3/c1-26-18-11-13-20(14-12-18)27-16-15-25-22-10-6-5-9-21(22)24-23(25)17-28-19-7-3-2-4-8-19/h2-14H,15-17H2,1H3. The summed E-state index contributed by atoms with van der Waals surface area (Å²) in [6.07, 6.45) is 0. The van der Waals surface area contributed by atoms with Gasteiger partial charge in [-0.05, 0) is 48.5 Å². The number of nitrogens with zero attached hydrogens (tertiary/aromatic N) is 2. The van der Waals surface area contributed by atoms with E-state index in [0.29, 0.717) is 19.8 Å². The SMILES string of the molecule is COc1ccc(OCCn2c(COc3ccccc3)nc3ccccc32)cc1. The van der Waals surface area contributed by atoms with Crippen molar-refractivity contribution >= 4 is 11.0 Å². The van der Waals surface area contributed by atoms with Crippen molar-refractivity contribution < 1.29 is 14.2 Å². The van der Waals surface area contributed by atoms with E-state index in [2.05, 4.69) is 10.6 Å². The zero-order valence-electron chi connectivity index (χ0n) is 15.7. The lowest BCUT2D eigenvalue weighted by Gasteiger charge is -2.12. The molecule has 0 fully saturated rings. The van der Waals surface area contributed by atoms with Crippen molar-refractivity contribution in [3.05, 3.63) is 84.7 Å². The maximum atomic E-state index is 5.91. The Labute approximate surface area is 164 Å². The van der Waals surface area contributed by atoms with Gasteiger partial charge in [-0.3, -0.25) is 0 Å². The van der Waals surface area contributed by atoms with Gasteiger partial charge in [-0.1, -0.05) is 30.3 Å². The van der Waals surface area contributed by atoms with Crippen molar-refractivity contribution in [2.75, 3.05) is 13.7 Å². The maximum absolute atomic E-state index is 5.91. The molecule has 3 aromatic carbocycles. The summed E-state index contributed by atoms with van der Waals surface area (Å²) in [5, 5.41) is 0. The molecule has 5 heteroatoms. The summed E-state index contributed by atoms with van der Waals surface area (Å²) < 4.78 is 19.1. The van der Waals surface area contributed by atoms with Crippen molar-refractivity contribution in [2.24, 2.45) is 0 Å². The molecule has 0 saturated carbocycles. The molecule has 1 heterocycles. The second-order valence-corrected chi connectivity index (χ2v) is 6.29. The number of fused-ring (bicyclic) bond motifs is 1. The van der Waals surface area contributed by atoms with Gasteiger partial charge < -0.3 is 18.8 Å². The highest BCUT2D eigenvalue weighted by Crippen LogP contribution is 2.20. The molecular weight excluding hydrogens is 352 g/mol. The van der Waals surface area contributed by atoms with Gasteiger partial charge in [-0.15, -0.1) is 0 Å². The molecule has 0 aliphatic rings. The van der Waals surface area contributed by atoms with Crippen LogP contribution in [0.15, 0.2) is 78.9 Å². The van der Waals surface area contributed by atoms with Crippen LogP contribution in [0.2, 0.25) is 0 Å². The number of imidazole rings is 1. The minimum atomic E-state index is 0.404. The monoisotopic (exact) mass is 374 g/mol. The van der Waals surface area contributed by atoms with E-state index in [9.17, 15) is 0 Å². The van der Waals surface area contributed by atoms with Gasteiger partial charge in [0, 0.05) is 0 Å². The van der Waals surface area contributed by atoms with Crippen LogP contribution in [0.3, 0.4) is 0 Å². The molecule has 28 heavy (non-hydrogen) atoms. The molecule has 4 aromatic rings. The van der Waals surface area contributed by atoms with Gasteiger partial charge in [-0.2, -0.15) is 0 Å². The highest BCUT2D eigenvalue weighted by Gasteiger charge is 2.11. The number of benzene rings is 3. The summed E-state index contributed by atoms with van der Waals surface area (Å²) in [5.74, 6) is 3.33. The second kappa shape index (κ2) is 8.48. The average Bonchev–Trinajstić information content (AvgIpc) is 3.11. The first-order valence-electron chi connectivity index (χ1n) is 9.22. The highest BCUT2D eigenvalue weighted by molar-refractivity contribution is 5.75. The molecule has 0 atom stereocenters. The normalized spacial score (nSPS) is 10.8. The van der Waals surface area contributed by atoms with Gasteiger partial charge in [0.05, 0.1) is 24.7 Å². The number of hydrogen-bond acceptors (Lipinski definition) is 4. The van der Waals surface area contributed by atoms with Crippen LogP contribution in [-0.4, -0.2) is 23.3 Å². The molecule has 0 bridgehead atoms. The van der Waals surface area contributed by atoms with Gasteiger partial charge in [0.1, 0.15) is 36.3 Å². The first-order valence-corrected chi connectivity index (χ1v) is 9.22. The van der Waals surface area contributed by atoms with Crippen LogP contribution in [0, 0.1) is 0 Å². The molecule has 1 aromatic heterocycles. The molecule has 4 rings (SSSR count). The predicted octanol–water partition coefficient (Wildman–Crippen LogP) is 4.70. The zero-order valence-corrected chi connectivity index (χ0v) is 15.7. The Bertz CT molecular complexity index is 1030. The molecule has 0 N–H and O–H groups in total. The zero-order chi connectivity index (χ0) is 19.2. The van der Waals surface area contributed by atoms with Gasteiger partial charge in [0.15, 0.2) is 0 Å². The Morgan fingerprint density at radius 2 is 1.43 bits per heavy atom. The Morgan fingerprint density at radius 3 is 2.21 bits per heavy atom. The fourth-order valence-corrected chi connectivity index (χ4v) is 3.08. The van der Waals surface area contributed by atoms with E-state index < -0.39 is 0 Å². The third-order valence-corrected chi connectivity index (χ3v) is 4.49. The van der Waals surface area contributed by atoms with Crippen LogP contribution in [0.5, 0.6) is 17.2 Å². The Hall–Kier alpha value is -3.47. The summed E-state index contributed by atoms with van der Waals surface area (Å²) in [4.78, 5) is 4.74. The topological polar surface area (TPSA) is 45.5 Å². The lowest BCUT2D eigenvalue weighted by molar-refractivity contribution is 0.272. The Balaban J connectivity index is 1.47. The molecule has 0 aliphatic carbocycles. The van der Waals surface area contributed by atoms with Gasteiger partial charge in [0.2, 0.25) is 0 Å². The number of rotatable bonds is 8. The molecule has 0 saturated heterocycles. The Morgan fingerprint density at radius 1 is 0.750 bits per heavy atom. The van der Waals surface area contributed by atoms with Crippen LogP contribution < -0.4 is 14.2 Å². The molecule has 0 aliphatic heterocycles. The summed E-state index contributed by atoms with van der Waals surface area (Å²) in [6, 6.07) is 25.5. The summed E-state index contributed by atoms with van der Waals surface area (Å²) >= 11 is 0. The van der Waals surface area contributed by atoms with Crippen molar-refractivity contribution in [1.82, 2.24) is 9.55 Å². The van der Waals surface area contributed by atoms with Gasteiger partial charge in [0.25, 0.3) is 0 Å². The summed E-state index contributed by atoms with van der Waals surface area (Å²) in [6.45, 7) is 1.62. The minimum Gasteiger partial charge on any atom is -0.497 e. The van der Waals surface area contributed by atoms with Crippen LogP contribution in [0.4, 0.5) is 0 Å². The lowest BCUT2D eigenvalue weighted by Crippen LogP contribution is -2.13. The van der Waals surface area contributed by atoms with E-state index in [-0.39, 0.29) is 0 Å². The van der Waals surface area contributed by atoms with Gasteiger partial charge in [-0.25, -0.2) is 4.98 Å². The van der Waals surface area contributed by atoms with E-state index in [0.717, 1.165) is 34.1 Å². The van der Waals surface area contributed by atoms with Crippen molar-refractivity contribution in [3.63, 3.8) is 0 Å². The highest BCUT2D eigenvalue weighted by atomic mass is 16.5. The third-order valence-electron chi connectivity index (χ3n) is 4.49. The predicted molar refractivity (Wildman–Crippen MR) is 109 cm³/mol. The first-order chi connectivity index (χ1) is 13.8. The Kier molecular flexibility index (Phi) is 5.43. The smallest absolute Gasteiger partial charge is 0.148 e. The van der Waals surface area contributed by atoms with Crippen LogP contribution in [-0.2, 0) is 13.2 Å². The molecule has 0 amide bonds. The number of methoxy groups -OCH3 is 1. The number of ether oxygens (including phenoxy) is 3. The number of hydrogen-bond donors (Lipinski definition) is 0. The molecule has 5 nitrogen and oxygen atoms in total. The van der Waals surface area contributed by atoms with E-state index in [1.165, 1.54) is 0 Å². The molecular formula is C23H22N2O3. The second-order valence-electron chi connectivity index (χ2n) is 6.29. The van der Waals surface area contributed by atoms with Crippen LogP contribution >= 0.6 is 0 Å². The number of aromatic nitrogens is 2. The first kappa shape index (κ1) is 17.9. The van der Waals surface area contributed by atoms with Crippen LogP contribution in [0.25, 0.3) is 11.0 Å². The molecule has 0 unspecified atom stereocenters. The fourth-order valence-electron chi connectivity index (χ4n) is 3.08. The molecule has 142 valence electrons. The van der Waals surface area contributed by atoms with E-state index in [1.807, 2.05) is 72.8 Å². The van der Waals surface area contributed by atoms with E-state index in [4.69, 9.17) is 19.2 Å². The van der Waals surface area contributed by atoms with Crippen molar-refractivity contribution in [3.8, 4) is 17.2 Å². The minimum absolute atomic E-state index is 0.404. The fraction of sp³-hybridized carbons (Fsp3) is 0.174. The largest absolute Gasteiger partial charge is 0.497 e. The quantitative estimate of drug-likeness (QED) is 0.448. The van der Waals surface area contributed by atoms with Gasteiger partial charge >= 0.3 is 0 Å². The average molecular weight is 374 g/mol. The van der Waals surface area contributed by atoms with Crippen molar-refractivity contribution in [1.29, 1.82) is 0 Å². The molecule has 0 radical (unpaired) electrons. The summed E-state index contributed by atoms with van der Waals surface area (Å²) in [7, 11) is 1.65. The van der Waals surface area contributed by atoms with E-state index >= 15 is 0 Å². The lowest BCUT2D eigenvalue weighted by atomic mass is 10.3. The third kappa shape index (κ3) is 4.09. The molecule has 0 spiro atoms.